The molecule has 2 amide bonds. The Morgan fingerprint density at radius 2 is 2.21 bits per heavy atom. The highest BCUT2D eigenvalue weighted by atomic mass is 16.6. The van der Waals surface area contributed by atoms with Crippen LogP contribution in [0.1, 0.15) is 20.3 Å². The highest BCUT2D eigenvalue weighted by Crippen LogP contribution is 2.34. The predicted octanol–water partition coefficient (Wildman–Crippen LogP) is -0.0791. The third kappa shape index (κ3) is 1.72. The lowest BCUT2D eigenvalue weighted by molar-refractivity contribution is -0.141. The van der Waals surface area contributed by atoms with Crippen molar-refractivity contribution in [2.45, 2.75) is 26.3 Å². The lowest BCUT2D eigenvalue weighted by Crippen LogP contribution is -2.42. The molecule has 1 rings (SSSR count). The van der Waals surface area contributed by atoms with Crippen molar-refractivity contribution in [1.82, 2.24) is 10.4 Å². The number of amides is 2. The molecule has 1 saturated heterocycles. The van der Waals surface area contributed by atoms with E-state index in [4.69, 9.17) is 0 Å². The minimum Gasteiger partial charge on any atom is -0.333 e. The van der Waals surface area contributed by atoms with Gasteiger partial charge in [-0.15, -0.1) is 0 Å². The Kier molecular flexibility index (Phi) is 2.80. The summed E-state index contributed by atoms with van der Waals surface area (Å²) in [6.45, 7) is 3.68. The van der Waals surface area contributed by atoms with Gasteiger partial charge in [0.15, 0.2) is 0 Å². The SMILES string of the molecule is CONC(=O)C1CC(C)(C)C(=O)N1C. The number of hydroxylamine groups is 1. The van der Waals surface area contributed by atoms with Gasteiger partial charge in [-0.05, 0) is 6.42 Å². The van der Waals surface area contributed by atoms with Crippen molar-refractivity contribution in [3.8, 4) is 0 Å². The van der Waals surface area contributed by atoms with Crippen LogP contribution in [0, 0.1) is 5.41 Å². The number of nitrogens with zero attached hydrogens (tertiary/aromatic N) is 1. The molecule has 0 radical (unpaired) electrons. The zero-order valence-corrected chi connectivity index (χ0v) is 8.96. The minimum atomic E-state index is -0.454. The summed E-state index contributed by atoms with van der Waals surface area (Å²) >= 11 is 0. The van der Waals surface area contributed by atoms with E-state index in [0.717, 1.165) is 0 Å². The van der Waals surface area contributed by atoms with Crippen molar-refractivity contribution in [2.24, 2.45) is 5.41 Å². The molecule has 14 heavy (non-hydrogen) atoms. The Labute approximate surface area is 83.4 Å². The summed E-state index contributed by atoms with van der Waals surface area (Å²) in [4.78, 5) is 29.1. The number of likely N-dealkylation sites (N-methyl/N-ethyl adjacent to an activating group) is 1. The first-order valence-electron chi connectivity index (χ1n) is 4.50. The van der Waals surface area contributed by atoms with Gasteiger partial charge in [0.25, 0.3) is 5.91 Å². The summed E-state index contributed by atoms with van der Waals surface area (Å²) in [5, 5.41) is 0. The van der Waals surface area contributed by atoms with Crippen LogP contribution in [0.5, 0.6) is 0 Å². The Morgan fingerprint density at radius 1 is 1.64 bits per heavy atom. The molecular weight excluding hydrogens is 184 g/mol. The van der Waals surface area contributed by atoms with Gasteiger partial charge in [0.2, 0.25) is 5.91 Å². The maximum absolute atomic E-state index is 11.7. The van der Waals surface area contributed by atoms with E-state index in [2.05, 4.69) is 10.3 Å². The van der Waals surface area contributed by atoms with E-state index >= 15 is 0 Å². The Bertz CT molecular complexity index is 263. The second kappa shape index (κ2) is 3.57. The van der Waals surface area contributed by atoms with Crippen LogP contribution < -0.4 is 5.48 Å². The first-order valence-corrected chi connectivity index (χ1v) is 4.50. The minimum absolute atomic E-state index is 0.00578. The number of hydrogen-bond acceptors (Lipinski definition) is 3. The van der Waals surface area contributed by atoms with E-state index in [1.165, 1.54) is 12.0 Å². The van der Waals surface area contributed by atoms with Gasteiger partial charge in [-0.25, -0.2) is 5.48 Å². The normalized spacial score (nSPS) is 25.3. The third-order valence-corrected chi connectivity index (χ3v) is 2.58. The van der Waals surface area contributed by atoms with Crippen molar-refractivity contribution >= 4 is 11.8 Å². The molecule has 80 valence electrons. The quantitative estimate of drug-likeness (QED) is 0.634. The second-order valence-corrected chi connectivity index (χ2v) is 4.19. The van der Waals surface area contributed by atoms with Crippen molar-refractivity contribution in [3.63, 3.8) is 0 Å². The maximum atomic E-state index is 11.7. The van der Waals surface area contributed by atoms with Gasteiger partial charge in [0, 0.05) is 12.5 Å². The molecule has 1 unspecified atom stereocenters. The topological polar surface area (TPSA) is 58.6 Å². The van der Waals surface area contributed by atoms with Gasteiger partial charge in [0.1, 0.15) is 6.04 Å². The number of nitrogens with one attached hydrogen (secondary N) is 1. The number of hydrogen-bond donors (Lipinski definition) is 1. The first-order chi connectivity index (χ1) is 6.40. The average Bonchev–Trinajstić information content (AvgIpc) is 2.30. The lowest BCUT2D eigenvalue weighted by Gasteiger charge is -2.18. The Morgan fingerprint density at radius 3 is 2.57 bits per heavy atom. The van der Waals surface area contributed by atoms with E-state index in [1.54, 1.807) is 7.05 Å². The van der Waals surface area contributed by atoms with E-state index in [0.29, 0.717) is 6.42 Å². The van der Waals surface area contributed by atoms with Crippen LogP contribution in [0.25, 0.3) is 0 Å². The zero-order chi connectivity index (χ0) is 10.9. The standard InChI is InChI=1S/C9H16N2O3/c1-9(2)5-6(7(12)10-14-4)11(3)8(9)13/h6H,5H2,1-4H3,(H,10,12). The summed E-state index contributed by atoms with van der Waals surface area (Å²) < 4.78 is 0. The summed E-state index contributed by atoms with van der Waals surface area (Å²) in [7, 11) is 3.01. The molecule has 0 saturated carbocycles. The van der Waals surface area contributed by atoms with Crippen LogP contribution in [0.2, 0.25) is 0 Å². The number of carbonyl (C=O) groups excluding carboxylic acids is 2. The molecule has 0 aromatic rings. The maximum Gasteiger partial charge on any atom is 0.266 e. The highest BCUT2D eigenvalue weighted by molar-refractivity contribution is 5.93. The van der Waals surface area contributed by atoms with Gasteiger partial charge >= 0.3 is 0 Å². The van der Waals surface area contributed by atoms with Gasteiger partial charge in [-0.2, -0.15) is 0 Å². The van der Waals surface area contributed by atoms with Crippen molar-refractivity contribution < 1.29 is 14.4 Å². The molecule has 1 aliphatic heterocycles. The van der Waals surface area contributed by atoms with Crippen molar-refractivity contribution in [3.05, 3.63) is 0 Å². The Hall–Kier alpha value is -1.10. The highest BCUT2D eigenvalue weighted by Gasteiger charge is 2.46. The molecule has 1 heterocycles. The number of rotatable bonds is 2. The van der Waals surface area contributed by atoms with Crippen LogP contribution in [0.4, 0.5) is 0 Å². The van der Waals surface area contributed by atoms with Crippen LogP contribution in [0.15, 0.2) is 0 Å². The average molecular weight is 200 g/mol. The van der Waals surface area contributed by atoms with Crippen LogP contribution in [-0.4, -0.2) is 36.9 Å². The molecular formula is C9H16N2O3. The fraction of sp³-hybridized carbons (Fsp3) is 0.778. The van der Waals surface area contributed by atoms with Crippen molar-refractivity contribution in [2.75, 3.05) is 14.2 Å². The van der Waals surface area contributed by atoms with E-state index in [-0.39, 0.29) is 11.8 Å². The third-order valence-electron chi connectivity index (χ3n) is 2.58. The fourth-order valence-corrected chi connectivity index (χ4v) is 1.76. The first kappa shape index (κ1) is 11.0. The molecule has 5 heteroatoms. The molecule has 1 aliphatic rings. The van der Waals surface area contributed by atoms with Crippen LogP contribution in [-0.2, 0) is 14.4 Å². The number of carbonyl (C=O) groups is 2. The van der Waals surface area contributed by atoms with Gasteiger partial charge < -0.3 is 4.90 Å². The van der Waals surface area contributed by atoms with E-state index in [9.17, 15) is 9.59 Å². The van der Waals surface area contributed by atoms with Gasteiger partial charge in [0.05, 0.1) is 7.11 Å². The van der Waals surface area contributed by atoms with E-state index in [1.807, 2.05) is 13.8 Å². The van der Waals surface area contributed by atoms with Crippen LogP contribution in [0.3, 0.4) is 0 Å². The monoisotopic (exact) mass is 200 g/mol. The smallest absolute Gasteiger partial charge is 0.266 e. The van der Waals surface area contributed by atoms with E-state index < -0.39 is 11.5 Å². The second-order valence-electron chi connectivity index (χ2n) is 4.19. The molecule has 0 bridgehead atoms. The summed E-state index contributed by atoms with van der Waals surface area (Å²) in [6, 6.07) is -0.419. The zero-order valence-electron chi connectivity index (χ0n) is 8.96. The number of likely N-dealkylation sites (tertiary alicyclic amines) is 1. The summed E-state index contributed by atoms with van der Waals surface area (Å²) in [5.74, 6) is -0.275. The predicted molar refractivity (Wildman–Crippen MR) is 50.1 cm³/mol. The molecule has 5 nitrogen and oxygen atoms in total. The van der Waals surface area contributed by atoms with Gasteiger partial charge in [-0.1, -0.05) is 13.8 Å². The Balaban J connectivity index is 2.75. The molecule has 1 N–H and O–H groups in total. The lowest BCUT2D eigenvalue weighted by atomic mass is 9.90. The molecule has 0 aliphatic carbocycles. The summed E-state index contributed by atoms with van der Waals surface area (Å²) in [5.41, 5.74) is 1.79. The molecule has 0 aromatic heterocycles. The van der Waals surface area contributed by atoms with Gasteiger partial charge in [-0.3, -0.25) is 14.4 Å². The van der Waals surface area contributed by atoms with Crippen LogP contribution >= 0.6 is 0 Å². The molecule has 0 aromatic carbocycles. The molecule has 1 atom stereocenters. The largest absolute Gasteiger partial charge is 0.333 e. The molecule has 1 fully saturated rings. The molecule has 0 spiro atoms. The fourth-order valence-electron chi connectivity index (χ4n) is 1.76. The summed E-state index contributed by atoms with van der Waals surface area (Å²) in [6.07, 6.45) is 0.525. The van der Waals surface area contributed by atoms with Crippen molar-refractivity contribution in [1.29, 1.82) is 0 Å².